The van der Waals surface area contributed by atoms with E-state index in [1.165, 1.54) is 18.2 Å². The number of halogens is 2. The fourth-order valence-corrected chi connectivity index (χ4v) is 4.41. The second kappa shape index (κ2) is 10.9. The maximum Gasteiger partial charge on any atom is 0.407 e. The van der Waals surface area contributed by atoms with Gasteiger partial charge in [-0.3, -0.25) is 19.7 Å². The van der Waals surface area contributed by atoms with Gasteiger partial charge in [-0.15, -0.1) is 0 Å². The molecule has 2 N–H and O–H groups in total. The third kappa shape index (κ3) is 7.42. The van der Waals surface area contributed by atoms with E-state index in [2.05, 4.69) is 10.6 Å². The van der Waals surface area contributed by atoms with Gasteiger partial charge in [-0.1, -0.05) is 6.07 Å². The number of amides is 4. The minimum Gasteiger partial charge on any atom is -0.444 e. The Balaban J connectivity index is 1.65. The lowest BCUT2D eigenvalue weighted by Crippen LogP contribution is -2.49. The summed E-state index contributed by atoms with van der Waals surface area (Å²) in [6, 6.07) is 4.23. The topological polar surface area (TPSA) is 108 Å². The average Bonchev–Trinajstić information content (AvgIpc) is 3.08. The monoisotopic (exact) mass is 524 g/mol. The Kier molecular flexibility index (Phi) is 8.27. The van der Waals surface area contributed by atoms with Gasteiger partial charge in [-0.2, -0.15) is 0 Å². The molecule has 4 amide bonds. The molecule has 3 rings (SSSR count). The van der Waals surface area contributed by atoms with Gasteiger partial charge in [0.15, 0.2) is 0 Å². The van der Waals surface area contributed by atoms with E-state index in [0.29, 0.717) is 37.4 Å². The summed E-state index contributed by atoms with van der Waals surface area (Å²) in [5, 5.41) is 4.21. The summed E-state index contributed by atoms with van der Waals surface area (Å²) >= 11 is 0.718. The molecule has 196 valence electrons. The molecule has 2 heterocycles. The minimum atomic E-state index is -3.08. The van der Waals surface area contributed by atoms with E-state index in [9.17, 15) is 28.0 Å². The van der Waals surface area contributed by atoms with Crippen LogP contribution in [0, 0.1) is 0 Å². The Hall–Kier alpha value is -3.15. The molecule has 9 nitrogen and oxygen atoms in total. The first-order chi connectivity index (χ1) is 16.7. The maximum absolute atomic E-state index is 14.0. The van der Waals surface area contributed by atoms with Crippen molar-refractivity contribution in [2.75, 3.05) is 37.6 Å². The van der Waals surface area contributed by atoms with Crippen LogP contribution in [-0.4, -0.2) is 66.4 Å². The third-order valence-corrected chi connectivity index (χ3v) is 6.25. The number of alkyl carbamates (subject to hydrolysis) is 1. The summed E-state index contributed by atoms with van der Waals surface area (Å²) in [6.07, 6.45) is 0.978. The van der Waals surface area contributed by atoms with Crippen LogP contribution in [0.5, 0.6) is 0 Å². The third-order valence-electron chi connectivity index (χ3n) is 5.44. The Morgan fingerprint density at radius 2 is 1.81 bits per heavy atom. The van der Waals surface area contributed by atoms with Crippen LogP contribution in [0.1, 0.15) is 45.2 Å². The molecule has 0 bridgehead atoms. The molecule has 12 heteroatoms. The van der Waals surface area contributed by atoms with Crippen molar-refractivity contribution in [3.8, 4) is 0 Å². The molecule has 0 radical (unpaired) electrons. The number of benzene rings is 1. The molecule has 0 aromatic heterocycles. The molecular weight excluding hydrogens is 494 g/mol. The maximum atomic E-state index is 14.0. The Morgan fingerprint density at radius 3 is 2.36 bits per heavy atom. The fourth-order valence-electron chi connectivity index (χ4n) is 3.73. The van der Waals surface area contributed by atoms with Crippen LogP contribution < -0.4 is 15.5 Å². The highest BCUT2D eigenvalue weighted by Gasteiger charge is 2.29. The summed E-state index contributed by atoms with van der Waals surface area (Å²) in [7, 11) is 0. The van der Waals surface area contributed by atoms with Crippen LogP contribution in [0.3, 0.4) is 0 Å². The number of imide groups is 1. The number of alkyl halides is 2. The van der Waals surface area contributed by atoms with E-state index in [4.69, 9.17) is 4.74 Å². The van der Waals surface area contributed by atoms with Gasteiger partial charge in [-0.05, 0) is 56.3 Å². The number of carbonyl (C=O) groups is 4. The molecule has 0 aliphatic carbocycles. The molecule has 0 atom stereocenters. The molecule has 1 aromatic rings. The van der Waals surface area contributed by atoms with Gasteiger partial charge in [0.2, 0.25) is 5.91 Å². The van der Waals surface area contributed by atoms with Crippen molar-refractivity contribution in [2.24, 2.45) is 0 Å². The molecular formula is C24H30F2N4O5S. The number of carbonyl (C=O) groups excluding carboxylic acids is 4. The highest BCUT2D eigenvalue weighted by Crippen LogP contribution is 2.35. The first-order valence-electron chi connectivity index (χ1n) is 11.5. The van der Waals surface area contributed by atoms with Crippen molar-refractivity contribution in [3.63, 3.8) is 0 Å². The lowest BCUT2D eigenvalue weighted by atomic mass is 10.0. The first kappa shape index (κ1) is 27.4. The van der Waals surface area contributed by atoms with Gasteiger partial charge in [0.1, 0.15) is 5.60 Å². The van der Waals surface area contributed by atoms with Crippen molar-refractivity contribution in [2.45, 2.75) is 45.6 Å². The highest BCUT2D eigenvalue weighted by atomic mass is 32.2. The first-order valence-corrected chi connectivity index (χ1v) is 12.3. The highest BCUT2D eigenvalue weighted by molar-refractivity contribution is 8.18. The Bertz CT molecular complexity index is 1070. The zero-order valence-corrected chi connectivity index (χ0v) is 21.5. The Labute approximate surface area is 212 Å². The average molecular weight is 525 g/mol. The summed E-state index contributed by atoms with van der Waals surface area (Å²) < 4.78 is 33.1. The van der Waals surface area contributed by atoms with E-state index < -0.39 is 28.8 Å². The number of anilines is 1. The van der Waals surface area contributed by atoms with Crippen LogP contribution in [0.4, 0.5) is 24.1 Å². The van der Waals surface area contributed by atoms with Crippen LogP contribution >= 0.6 is 11.8 Å². The lowest BCUT2D eigenvalue weighted by molar-refractivity contribution is -0.131. The van der Waals surface area contributed by atoms with Crippen LogP contribution in [-0.2, 0) is 20.2 Å². The summed E-state index contributed by atoms with van der Waals surface area (Å²) in [5.41, 5.74) is 0.184. The number of ether oxygens (including phenoxy) is 1. The molecule has 0 spiro atoms. The van der Waals surface area contributed by atoms with Crippen LogP contribution in [0.2, 0.25) is 0 Å². The normalized spacial score (nSPS) is 17.9. The second-order valence-electron chi connectivity index (χ2n) is 9.56. The molecule has 0 unspecified atom stereocenters. The van der Waals surface area contributed by atoms with E-state index in [1.807, 2.05) is 4.90 Å². The number of rotatable bonds is 6. The molecule has 2 aliphatic heterocycles. The van der Waals surface area contributed by atoms with Gasteiger partial charge in [0, 0.05) is 57.3 Å². The number of nitrogens with zero attached hydrogens (tertiary/aromatic N) is 2. The summed E-state index contributed by atoms with van der Waals surface area (Å²) in [6.45, 7) is 7.90. The van der Waals surface area contributed by atoms with Gasteiger partial charge >= 0.3 is 6.09 Å². The number of hydrogen-bond donors (Lipinski definition) is 2. The van der Waals surface area contributed by atoms with Gasteiger partial charge in [0.25, 0.3) is 17.1 Å². The lowest BCUT2D eigenvalue weighted by Gasteiger charge is -2.37. The predicted molar refractivity (Wildman–Crippen MR) is 133 cm³/mol. The molecule has 2 saturated heterocycles. The minimum absolute atomic E-state index is 0.119. The van der Waals surface area contributed by atoms with Crippen molar-refractivity contribution < 1.29 is 32.7 Å². The van der Waals surface area contributed by atoms with E-state index in [-0.39, 0.29) is 29.3 Å². The Morgan fingerprint density at radius 1 is 1.14 bits per heavy atom. The van der Waals surface area contributed by atoms with E-state index in [1.54, 1.807) is 31.7 Å². The number of thioether (sulfide) groups is 1. The summed E-state index contributed by atoms with van der Waals surface area (Å²) in [5.74, 6) is -3.77. The second-order valence-corrected chi connectivity index (χ2v) is 10.6. The van der Waals surface area contributed by atoms with Crippen molar-refractivity contribution in [3.05, 3.63) is 34.2 Å². The van der Waals surface area contributed by atoms with Gasteiger partial charge in [0.05, 0.1) is 4.91 Å². The summed E-state index contributed by atoms with van der Waals surface area (Å²) in [4.78, 5) is 51.6. The SMILES string of the molecule is CC(C)(C)OC(=O)NCCC(=O)N1CCN(c2ccc(C(C)(F)F)cc2/C=C2\SC(=O)NC2=O)CC1. The van der Waals surface area contributed by atoms with E-state index >= 15 is 0 Å². The number of piperazine rings is 1. The number of nitrogens with one attached hydrogen (secondary N) is 2. The molecule has 36 heavy (non-hydrogen) atoms. The molecule has 2 aliphatic rings. The van der Waals surface area contributed by atoms with Crippen molar-refractivity contribution in [1.82, 2.24) is 15.5 Å². The zero-order chi connectivity index (χ0) is 26.7. The van der Waals surface area contributed by atoms with E-state index in [0.717, 1.165) is 18.7 Å². The largest absolute Gasteiger partial charge is 0.444 e. The van der Waals surface area contributed by atoms with Gasteiger partial charge < -0.3 is 19.9 Å². The smallest absolute Gasteiger partial charge is 0.407 e. The quantitative estimate of drug-likeness (QED) is 0.547. The molecule has 0 saturated carbocycles. The van der Waals surface area contributed by atoms with Gasteiger partial charge in [-0.25, -0.2) is 13.6 Å². The molecule has 1 aromatic carbocycles. The van der Waals surface area contributed by atoms with Crippen LogP contribution in [0.25, 0.3) is 6.08 Å². The predicted octanol–water partition coefficient (Wildman–Crippen LogP) is 3.69. The standard InChI is InChI=1S/C24H30F2N4O5S/c1-23(2,3)35-21(33)27-8-7-19(31)30-11-9-29(10-12-30)17-6-5-16(24(4,25)26)13-15(17)14-18-20(32)28-22(34)36-18/h5-6,13-14H,7-12H2,1-4H3,(H,27,33)(H,28,32,34)/b18-14-. The van der Waals surface area contributed by atoms with Crippen molar-refractivity contribution in [1.29, 1.82) is 0 Å². The fraction of sp³-hybridized carbons (Fsp3) is 0.500. The zero-order valence-electron chi connectivity index (χ0n) is 20.7. The van der Waals surface area contributed by atoms with Crippen LogP contribution in [0.15, 0.2) is 23.1 Å². The molecule has 2 fully saturated rings. The van der Waals surface area contributed by atoms with Crippen molar-refractivity contribution >= 4 is 46.7 Å². The number of hydrogen-bond acceptors (Lipinski definition) is 7.